The number of unbranched alkanes of at least 4 members (excludes halogenated alkanes) is 16. The van der Waals surface area contributed by atoms with E-state index in [1.54, 1.807) is 42.5 Å². The van der Waals surface area contributed by atoms with E-state index in [0.717, 1.165) is 12.8 Å². The number of carbonyl (C=O) groups excluding carboxylic acids is 3. The Morgan fingerprint density at radius 2 is 0.974 bits per heavy atom. The fourth-order valence-corrected chi connectivity index (χ4v) is 5.41. The van der Waals surface area contributed by atoms with Crippen molar-refractivity contribution < 1.29 is 14.4 Å². The second kappa shape index (κ2) is 17.0. The molecule has 0 radical (unpaired) electrons. The number of anilines is 1. The van der Waals surface area contributed by atoms with Gasteiger partial charge >= 0.3 is 0 Å². The van der Waals surface area contributed by atoms with Crippen molar-refractivity contribution in [2.24, 2.45) is 0 Å². The molecule has 0 spiro atoms. The van der Waals surface area contributed by atoms with Crippen molar-refractivity contribution in [2.75, 3.05) is 5.32 Å². The minimum absolute atomic E-state index is 0.0408. The standard InChI is InChI=1S/C34H47NO3/c1-2-3-4-5-6-7-8-9-10-11-12-13-14-15-16-17-18-23-32(36)35-27-24-25-30-31(26-27)34(38)29-22-20-19-21-28(29)33(30)37/h19-22,24-26H,2-18,23H2,1H3,(H,35,36). The summed E-state index contributed by atoms with van der Waals surface area (Å²) >= 11 is 0. The second-order valence-electron chi connectivity index (χ2n) is 10.9. The van der Waals surface area contributed by atoms with Crippen LogP contribution in [-0.4, -0.2) is 17.5 Å². The van der Waals surface area contributed by atoms with Gasteiger partial charge in [0.05, 0.1) is 0 Å². The first-order chi connectivity index (χ1) is 18.6. The molecule has 0 heterocycles. The van der Waals surface area contributed by atoms with Crippen LogP contribution >= 0.6 is 0 Å². The van der Waals surface area contributed by atoms with Crippen molar-refractivity contribution in [3.8, 4) is 0 Å². The summed E-state index contributed by atoms with van der Waals surface area (Å²) in [5, 5.41) is 2.90. The fourth-order valence-electron chi connectivity index (χ4n) is 5.41. The van der Waals surface area contributed by atoms with Gasteiger partial charge in [-0.15, -0.1) is 0 Å². The number of hydrogen-bond acceptors (Lipinski definition) is 3. The molecule has 0 atom stereocenters. The molecule has 0 saturated carbocycles. The summed E-state index contributed by atoms with van der Waals surface area (Å²) in [5.74, 6) is -0.350. The van der Waals surface area contributed by atoms with Gasteiger partial charge in [-0.25, -0.2) is 0 Å². The predicted octanol–water partition coefficient (Wildman–Crippen LogP) is 9.44. The first-order valence-electron chi connectivity index (χ1n) is 15.2. The van der Waals surface area contributed by atoms with Crippen LogP contribution in [0.3, 0.4) is 0 Å². The Morgan fingerprint density at radius 3 is 1.47 bits per heavy atom. The van der Waals surface area contributed by atoms with Crippen molar-refractivity contribution in [3.63, 3.8) is 0 Å². The first-order valence-corrected chi connectivity index (χ1v) is 15.2. The van der Waals surface area contributed by atoms with Crippen molar-refractivity contribution in [2.45, 2.75) is 122 Å². The van der Waals surface area contributed by atoms with Gasteiger partial charge in [0.15, 0.2) is 11.6 Å². The molecule has 1 amide bonds. The number of amides is 1. The van der Waals surface area contributed by atoms with Crippen molar-refractivity contribution in [3.05, 3.63) is 64.7 Å². The summed E-state index contributed by atoms with van der Waals surface area (Å²) in [5.41, 5.74) is 2.21. The lowest BCUT2D eigenvalue weighted by atomic mass is 9.84. The summed E-state index contributed by atoms with van der Waals surface area (Å²) < 4.78 is 0. The molecule has 1 aliphatic rings. The highest BCUT2D eigenvalue weighted by molar-refractivity contribution is 6.28. The number of ketones is 2. The van der Waals surface area contributed by atoms with Crippen LogP contribution in [0.25, 0.3) is 0 Å². The number of hydrogen-bond donors (Lipinski definition) is 1. The Balaban J connectivity index is 1.20. The average Bonchev–Trinajstić information content (AvgIpc) is 2.93. The molecule has 1 aliphatic carbocycles. The predicted molar refractivity (Wildman–Crippen MR) is 157 cm³/mol. The van der Waals surface area contributed by atoms with Crippen molar-refractivity contribution in [1.29, 1.82) is 0 Å². The molecule has 4 heteroatoms. The van der Waals surface area contributed by atoms with Crippen molar-refractivity contribution >= 4 is 23.2 Å². The van der Waals surface area contributed by atoms with E-state index in [-0.39, 0.29) is 17.5 Å². The third-order valence-corrected chi connectivity index (χ3v) is 7.72. The van der Waals surface area contributed by atoms with E-state index < -0.39 is 0 Å². The number of rotatable bonds is 19. The molecule has 3 rings (SSSR count). The summed E-state index contributed by atoms with van der Waals surface area (Å²) in [6, 6.07) is 11.9. The van der Waals surface area contributed by atoms with Crippen LogP contribution in [0, 0.1) is 0 Å². The van der Waals surface area contributed by atoms with E-state index in [4.69, 9.17) is 0 Å². The Hall–Kier alpha value is -2.75. The van der Waals surface area contributed by atoms with Gasteiger partial charge in [-0.05, 0) is 24.6 Å². The van der Waals surface area contributed by atoms with Crippen LogP contribution in [0.2, 0.25) is 0 Å². The van der Waals surface area contributed by atoms with Gasteiger partial charge in [0.2, 0.25) is 5.91 Å². The van der Waals surface area contributed by atoms with Gasteiger partial charge in [-0.3, -0.25) is 14.4 Å². The largest absolute Gasteiger partial charge is 0.326 e. The molecule has 0 aliphatic heterocycles. The van der Waals surface area contributed by atoms with E-state index in [2.05, 4.69) is 12.2 Å². The fraction of sp³-hybridized carbons (Fsp3) is 0.559. The van der Waals surface area contributed by atoms with Gasteiger partial charge in [0, 0.05) is 34.4 Å². The number of fused-ring (bicyclic) bond motifs is 2. The molecule has 0 unspecified atom stereocenters. The quantitative estimate of drug-likeness (QED) is 0.161. The third kappa shape index (κ3) is 9.53. The van der Waals surface area contributed by atoms with Crippen LogP contribution in [0.4, 0.5) is 5.69 Å². The Bertz CT molecular complexity index is 1040. The molecule has 38 heavy (non-hydrogen) atoms. The summed E-state index contributed by atoms with van der Waals surface area (Å²) in [6.07, 6.45) is 22.9. The van der Waals surface area contributed by atoms with E-state index in [0.29, 0.717) is 34.4 Å². The van der Waals surface area contributed by atoms with Crippen LogP contribution < -0.4 is 5.32 Å². The molecule has 0 saturated heterocycles. The number of nitrogens with one attached hydrogen (secondary N) is 1. The minimum atomic E-state index is -0.167. The van der Waals surface area contributed by atoms with Crippen LogP contribution in [-0.2, 0) is 4.79 Å². The zero-order chi connectivity index (χ0) is 27.0. The smallest absolute Gasteiger partial charge is 0.224 e. The zero-order valence-corrected chi connectivity index (χ0v) is 23.5. The maximum Gasteiger partial charge on any atom is 0.224 e. The lowest BCUT2D eigenvalue weighted by molar-refractivity contribution is -0.116. The molecule has 2 aromatic rings. The van der Waals surface area contributed by atoms with Gasteiger partial charge < -0.3 is 5.32 Å². The first kappa shape index (κ1) is 29.8. The molecule has 206 valence electrons. The normalized spacial score (nSPS) is 12.3. The van der Waals surface area contributed by atoms with Gasteiger partial charge in [-0.1, -0.05) is 134 Å². The SMILES string of the molecule is CCCCCCCCCCCCCCCCCCCC(=O)Nc1ccc2c(c1)C(=O)c1ccccc1C2=O. The number of benzene rings is 2. The molecule has 2 aromatic carbocycles. The van der Waals surface area contributed by atoms with Crippen molar-refractivity contribution in [1.82, 2.24) is 0 Å². The summed E-state index contributed by atoms with van der Waals surface area (Å²) in [4.78, 5) is 38.0. The van der Waals surface area contributed by atoms with Gasteiger partial charge in [-0.2, -0.15) is 0 Å². The highest BCUT2D eigenvalue weighted by atomic mass is 16.2. The van der Waals surface area contributed by atoms with Crippen LogP contribution in [0.1, 0.15) is 154 Å². The Morgan fingerprint density at radius 1 is 0.553 bits per heavy atom. The molecule has 0 bridgehead atoms. The molecule has 0 aromatic heterocycles. The molecular weight excluding hydrogens is 470 g/mol. The Kier molecular flexibility index (Phi) is 13.3. The van der Waals surface area contributed by atoms with E-state index >= 15 is 0 Å². The maximum atomic E-state index is 12.9. The van der Waals surface area contributed by atoms with E-state index in [1.165, 1.54) is 96.3 Å². The highest BCUT2D eigenvalue weighted by Crippen LogP contribution is 2.29. The molecule has 1 N–H and O–H groups in total. The highest BCUT2D eigenvalue weighted by Gasteiger charge is 2.29. The van der Waals surface area contributed by atoms with Crippen LogP contribution in [0.15, 0.2) is 42.5 Å². The maximum absolute atomic E-state index is 12.9. The number of carbonyl (C=O) groups is 3. The van der Waals surface area contributed by atoms with Gasteiger partial charge in [0.25, 0.3) is 0 Å². The summed E-state index contributed by atoms with van der Waals surface area (Å²) in [7, 11) is 0. The average molecular weight is 518 g/mol. The Labute approximate surface area is 230 Å². The van der Waals surface area contributed by atoms with Gasteiger partial charge in [0.1, 0.15) is 0 Å². The lowest BCUT2D eigenvalue weighted by Crippen LogP contribution is -2.21. The topological polar surface area (TPSA) is 63.2 Å². The monoisotopic (exact) mass is 517 g/mol. The van der Waals surface area contributed by atoms with E-state index in [1.807, 2.05) is 0 Å². The van der Waals surface area contributed by atoms with E-state index in [9.17, 15) is 14.4 Å². The van der Waals surface area contributed by atoms with Crippen LogP contribution in [0.5, 0.6) is 0 Å². The molecule has 4 nitrogen and oxygen atoms in total. The third-order valence-electron chi connectivity index (χ3n) is 7.72. The summed E-state index contributed by atoms with van der Waals surface area (Å²) in [6.45, 7) is 2.27. The lowest BCUT2D eigenvalue weighted by Gasteiger charge is -2.18. The minimum Gasteiger partial charge on any atom is -0.326 e. The zero-order valence-electron chi connectivity index (χ0n) is 23.5. The molecular formula is C34H47NO3. The molecule has 0 fully saturated rings. The second-order valence-corrected chi connectivity index (χ2v) is 10.9.